The molecule has 0 unspecified atom stereocenters. The number of unbranched alkanes of at least 4 members (excludes halogenated alkanes) is 1. The molecule has 0 atom stereocenters. The van der Waals surface area contributed by atoms with Gasteiger partial charge in [-0.05, 0) is 55.3 Å². The summed E-state index contributed by atoms with van der Waals surface area (Å²) in [5.41, 5.74) is 1.88. The first kappa shape index (κ1) is 25.7. The lowest BCUT2D eigenvalue weighted by Crippen LogP contribution is -2.24. The van der Waals surface area contributed by atoms with Crippen LogP contribution in [0.4, 0.5) is 18.9 Å². The van der Waals surface area contributed by atoms with E-state index in [2.05, 4.69) is 22.8 Å². The molecule has 0 heterocycles. The van der Waals surface area contributed by atoms with E-state index >= 15 is 0 Å². The van der Waals surface area contributed by atoms with Crippen molar-refractivity contribution in [2.75, 3.05) is 18.5 Å². The lowest BCUT2D eigenvalue weighted by molar-refractivity contribution is -0.137. The molecule has 2 aromatic rings. The van der Waals surface area contributed by atoms with Crippen LogP contribution in [0.5, 0.6) is 11.5 Å². The van der Waals surface area contributed by atoms with Gasteiger partial charge in [-0.2, -0.15) is 18.3 Å². The third kappa shape index (κ3) is 8.83. The Morgan fingerprint density at radius 1 is 1.03 bits per heavy atom. The largest absolute Gasteiger partial charge is 0.490 e. The third-order valence-electron chi connectivity index (χ3n) is 4.22. The van der Waals surface area contributed by atoms with Gasteiger partial charge in [-0.25, -0.2) is 5.43 Å². The number of rotatable bonds is 11. The number of nitrogens with one attached hydrogen (secondary N) is 2. The van der Waals surface area contributed by atoms with Crippen LogP contribution in [0.3, 0.4) is 0 Å². The maximum atomic E-state index is 12.7. The topological polar surface area (TPSA) is 89.0 Å². The van der Waals surface area contributed by atoms with Crippen molar-refractivity contribution >= 4 is 23.7 Å². The van der Waals surface area contributed by atoms with Gasteiger partial charge in [-0.15, -0.1) is 0 Å². The standard InChI is InChI=1S/C23H26F3N3O4/c1-3-5-11-33-19-10-9-16(12-20(19)32-4-2)15-27-29-22(31)14-21(30)28-18-8-6-7-17(13-18)23(24,25)26/h6-10,12-13,15H,3-5,11,14H2,1-2H3,(H,28,30)(H,29,31). The number of anilines is 1. The molecule has 0 fully saturated rings. The molecule has 178 valence electrons. The van der Waals surface area contributed by atoms with Crippen LogP contribution >= 0.6 is 0 Å². The highest BCUT2D eigenvalue weighted by molar-refractivity contribution is 6.03. The number of halogens is 3. The zero-order valence-corrected chi connectivity index (χ0v) is 18.4. The van der Waals surface area contributed by atoms with Crippen molar-refractivity contribution in [1.82, 2.24) is 5.43 Å². The van der Waals surface area contributed by atoms with E-state index in [0.29, 0.717) is 30.3 Å². The Kier molecular flexibility index (Phi) is 9.71. The van der Waals surface area contributed by atoms with Gasteiger partial charge in [0, 0.05) is 5.69 Å². The molecule has 10 heteroatoms. The molecule has 0 aliphatic rings. The highest BCUT2D eigenvalue weighted by Gasteiger charge is 2.30. The fourth-order valence-corrected chi connectivity index (χ4v) is 2.66. The molecule has 0 saturated carbocycles. The fraction of sp³-hybridized carbons (Fsp3) is 0.348. The highest BCUT2D eigenvalue weighted by Crippen LogP contribution is 2.31. The average Bonchev–Trinajstić information content (AvgIpc) is 2.75. The summed E-state index contributed by atoms with van der Waals surface area (Å²) in [4.78, 5) is 23.9. The van der Waals surface area contributed by atoms with Gasteiger partial charge in [0.05, 0.1) is 25.0 Å². The third-order valence-corrected chi connectivity index (χ3v) is 4.22. The number of amides is 2. The van der Waals surface area contributed by atoms with Crippen LogP contribution < -0.4 is 20.2 Å². The molecule has 2 N–H and O–H groups in total. The summed E-state index contributed by atoms with van der Waals surface area (Å²) in [7, 11) is 0. The van der Waals surface area contributed by atoms with Gasteiger partial charge in [-0.3, -0.25) is 9.59 Å². The van der Waals surface area contributed by atoms with Crippen LogP contribution in [0.15, 0.2) is 47.6 Å². The van der Waals surface area contributed by atoms with Crippen molar-refractivity contribution in [2.45, 2.75) is 39.3 Å². The normalized spacial score (nSPS) is 11.3. The summed E-state index contributed by atoms with van der Waals surface area (Å²) in [5, 5.41) is 6.06. The molecule has 0 aromatic heterocycles. The first-order chi connectivity index (χ1) is 15.7. The summed E-state index contributed by atoms with van der Waals surface area (Å²) >= 11 is 0. The maximum Gasteiger partial charge on any atom is 0.416 e. The van der Waals surface area contributed by atoms with E-state index in [1.807, 2.05) is 6.92 Å². The van der Waals surface area contributed by atoms with Gasteiger partial charge in [0.15, 0.2) is 11.5 Å². The first-order valence-electron chi connectivity index (χ1n) is 10.4. The van der Waals surface area contributed by atoms with Gasteiger partial charge >= 0.3 is 6.18 Å². The van der Waals surface area contributed by atoms with Crippen LogP contribution in [-0.2, 0) is 15.8 Å². The van der Waals surface area contributed by atoms with E-state index in [1.165, 1.54) is 18.3 Å². The molecular weight excluding hydrogens is 439 g/mol. The monoisotopic (exact) mass is 465 g/mol. The maximum absolute atomic E-state index is 12.7. The molecule has 0 aliphatic heterocycles. The van der Waals surface area contributed by atoms with Crippen LogP contribution in [-0.4, -0.2) is 31.2 Å². The number of carbonyl (C=O) groups is 2. The Morgan fingerprint density at radius 3 is 2.52 bits per heavy atom. The summed E-state index contributed by atoms with van der Waals surface area (Å²) in [5.74, 6) is -0.336. The minimum atomic E-state index is -4.53. The number of alkyl halides is 3. The van der Waals surface area contributed by atoms with E-state index in [-0.39, 0.29) is 5.69 Å². The van der Waals surface area contributed by atoms with Gasteiger partial charge in [-0.1, -0.05) is 19.4 Å². The first-order valence-corrected chi connectivity index (χ1v) is 10.4. The molecule has 0 saturated heterocycles. The quantitative estimate of drug-likeness (QED) is 0.217. The molecule has 2 rings (SSSR count). The summed E-state index contributed by atoms with van der Waals surface area (Å²) in [6, 6.07) is 9.33. The Hall–Kier alpha value is -3.56. The van der Waals surface area contributed by atoms with Crippen molar-refractivity contribution in [1.29, 1.82) is 0 Å². The number of hydrazone groups is 1. The number of nitrogens with zero attached hydrogens (tertiary/aromatic N) is 1. The Labute approximate surface area is 190 Å². The second-order valence-electron chi connectivity index (χ2n) is 6.94. The molecule has 7 nitrogen and oxygen atoms in total. The van der Waals surface area contributed by atoms with Crippen molar-refractivity contribution < 1.29 is 32.2 Å². The fourth-order valence-electron chi connectivity index (χ4n) is 2.66. The van der Waals surface area contributed by atoms with Crippen molar-refractivity contribution in [2.24, 2.45) is 5.10 Å². The minimum absolute atomic E-state index is 0.0594. The van der Waals surface area contributed by atoms with Crippen LogP contribution in [0, 0.1) is 0 Å². The predicted molar refractivity (Wildman–Crippen MR) is 118 cm³/mol. The zero-order valence-electron chi connectivity index (χ0n) is 18.4. The summed E-state index contributed by atoms with van der Waals surface area (Å²) < 4.78 is 49.5. The van der Waals surface area contributed by atoms with Crippen molar-refractivity contribution in [3.05, 3.63) is 53.6 Å². The molecule has 33 heavy (non-hydrogen) atoms. The Bertz CT molecular complexity index is 978. The number of ether oxygens (including phenoxy) is 2. The SMILES string of the molecule is CCCCOc1ccc(C=NNC(=O)CC(=O)Nc2cccc(C(F)(F)F)c2)cc1OCC. The van der Waals surface area contributed by atoms with Crippen molar-refractivity contribution in [3.8, 4) is 11.5 Å². The second kappa shape index (κ2) is 12.5. The molecule has 0 radical (unpaired) electrons. The van der Waals surface area contributed by atoms with Crippen LogP contribution in [0.1, 0.15) is 44.2 Å². The molecule has 0 bridgehead atoms. The lowest BCUT2D eigenvalue weighted by Gasteiger charge is -2.12. The van der Waals surface area contributed by atoms with Gasteiger partial charge < -0.3 is 14.8 Å². The average molecular weight is 465 g/mol. The lowest BCUT2D eigenvalue weighted by atomic mass is 10.2. The number of carbonyl (C=O) groups excluding carboxylic acids is 2. The summed E-state index contributed by atoms with van der Waals surface area (Å²) in [6.45, 7) is 4.93. The Balaban J connectivity index is 1.90. The van der Waals surface area contributed by atoms with Gasteiger partial charge in [0.25, 0.3) is 0 Å². The number of hydrogen-bond donors (Lipinski definition) is 2. The van der Waals surface area contributed by atoms with E-state index in [9.17, 15) is 22.8 Å². The second-order valence-corrected chi connectivity index (χ2v) is 6.94. The zero-order chi connectivity index (χ0) is 24.3. The molecule has 2 aromatic carbocycles. The summed E-state index contributed by atoms with van der Waals surface area (Å²) in [6.07, 6.45) is -1.84. The number of benzene rings is 2. The highest BCUT2D eigenvalue weighted by atomic mass is 19.4. The van der Waals surface area contributed by atoms with E-state index in [1.54, 1.807) is 18.2 Å². The van der Waals surface area contributed by atoms with E-state index in [4.69, 9.17) is 9.47 Å². The minimum Gasteiger partial charge on any atom is -0.490 e. The molecular formula is C23H26F3N3O4. The molecule has 0 spiro atoms. The van der Waals surface area contributed by atoms with E-state index < -0.39 is 30.0 Å². The molecule has 2 amide bonds. The number of hydrogen-bond acceptors (Lipinski definition) is 5. The Morgan fingerprint density at radius 2 is 1.82 bits per heavy atom. The van der Waals surface area contributed by atoms with E-state index in [0.717, 1.165) is 25.0 Å². The van der Waals surface area contributed by atoms with Gasteiger partial charge in [0.2, 0.25) is 11.8 Å². The van der Waals surface area contributed by atoms with Gasteiger partial charge in [0.1, 0.15) is 6.42 Å². The van der Waals surface area contributed by atoms with Crippen molar-refractivity contribution in [3.63, 3.8) is 0 Å². The smallest absolute Gasteiger partial charge is 0.416 e. The van der Waals surface area contributed by atoms with Crippen LogP contribution in [0.2, 0.25) is 0 Å². The predicted octanol–water partition coefficient (Wildman–Crippen LogP) is 4.76. The molecule has 0 aliphatic carbocycles. The van der Waals surface area contributed by atoms with Crippen LogP contribution in [0.25, 0.3) is 0 Å².